The summed E-state index contributed by atoms with van der Waals surface area (Å²) < 4.78 is 6.07. The van der Waals surface area contributed by atoms with Gasteiger partial charge in [-0.1, -0.05) is 13.8 Å². The van der Waals surface area contributed by atoms with Crippen molar-refractivity contribution < 1.29 is 85.0 Å². The van der Waals surface area contributed by atoms with Crippen molar-refractivity contribution in [2.75, 3.05) is 6.61 Å². The van der Waals surface area contributed by atoms with Crippen LogP contribution in [0.15, 0.2) is 23.2 Å². The molecule has 1 N–H and O–H groups in total. The van der Waals surface area contributed by atoms with E-state index < -0.39 is 35.8 Å². The molecule has 1 aromatic rings. The Balaban J connectivity index is 0.000000483. The Labute approximate surface area is 200 Å². The van der Waals surface area contributed by atoms with Crippen LogP contribution in [0.25, 0.3) is 0 Å². The summed E-state index contributed by atoms with van der Waals surface area (Å²) in [4.78, 5) is 35.4. The number of aliphatic imine (C=N–C) groups is 1. The standard InChI is InChI=1S/C8H6ClO3.C8H12N2O3.Hg.Na/c9-6-3-1-2-4-7(6)12-5-8(10)11;1-3-8(4-2)5(11)9-7(13)10-6(8)12;;/h2-4H,5H2,(H,10,11);3-4H2,1-2H3,(H2,9,10,11,12,13);;/q;;2*+1/p-2. The third kappa shape index (κ3) is 7.34. The van der Waals surface area contributed by atoms with Crippen molar-refractivity contribution in [1.82, 2.24) is 5.32 Å². The molecular formula is C16H16ClHgN2NaO6. The summed E-state index contributed by atoms with van der Waals surface area (Å²) >= 11 is 6.32. The van der Waals surface area contributed by atoms with Crippen LogP contribution in [0.4, 0.5) is 4.79 Å². The molecule has 1 aliphatic rings. The number of aliphatic carboxylic acids is 1. The van der Waals surface area contributed by atoms with E-state index >= 15 is 0 Å². The molecule has 0 saturated carbocycles. The fourth-order valence-corrected chi connectivity index (χ4v) is 4.23. The van der Waals surface area contributed by atoms with Gasteiger partial charge in [-0.2, -0.15) is 0 Å². The molecule has 1 aromatic carbocycles. The zero-order valence-electron chi connectivity index (χ0n) is 15.3. The Morgan fingerprint density at radius 2 is 1.93 bits per heavy atom. The predicted octanol–water partition coefficient (Wildman–Crippen LogP) is -3.55. The van der Waals surface area contributed by atoms with E-state index in [0.717, 1.165) is 0 Å². The third-order valence-electron chi connectivity index (χ3n) is 3.82. The van der Waals surface area contributed by atoms with Crippen molar-refractivity contribution in [3.8, 4) is 5.75 Å². The van der Waals surface area contributed by atoms with Crippen molar-refractivity contribution in [2.45, 2.75) is 26.7 Å². The number of amides is 3. The van der Waals surface area contributed by atoms with Crippen molar-refractivity contribution in [3.63, 3.8) is 0 Å². The molecule has 2 rings (SSSR count). The first kappa shape index (κ1) is 26.3. The van der Waals surface area contributed by atoms with Crippen molar-refractivity contribution in [2.24, 2.45) is 10.4 Å². The largest absolute Gasteiger partial charge is 1.00 e. The number of carboxylic acids is 1. The number of hydrogen-bond donors (Lipinski definition) is 1. The van der Waals surface area contributed by atoms with E-state index in [0.29, 0.717) is 49.7 Å². The number of carboxylic acid groups (broad SMARTS) is 1. The maximum Gasteiger partial charge on any atom is 1.00 e. The average Bonchev–Trinajstić information content (AvgIpc) is 2.55. The van der Waals surface area contributed by atoms with Crippen molar-refractivity contribution in [1.29, 1.82) is 0 Å². The number of urea groups is 1. The maximum atomic E-state index is 11.4. The molecule has 0 unspecified atom stereocenters. The van der Waals surface area contributed by atoms with Gasteiger partial charge in [-0.3, -0.25) is 10.1 Å². The second kappa shape index (κ2) is 12.0. The van der Waals surface area contributed by atoms with Gasteiger partial charge >= 0.3 is 133 Å². The Hall–Kier alpha value is -0.675. The first-order chi connectivity index (χ1) is 12.2. The van der Waals surface area contributed by atoms with Gasteiger partial charge in [0.25, 0.3) is 0 Å². The van der Waals surface area contributed by atoms with Gasteiger partial charge in [-0.25, -0.2) is 9.79 Å². The van der Waals surface area contributed by atoms with Crippen LogP contribution >= 0.6 is 11.6 Å². The van der Waals surface area contributed by atoms with E-state index in [1.165, 1.54) is 3.07 Å². The molecule has 0 saturated heterocycles. The molecule has 1 heterocycles. The molecule has 0 fully saturated rings. The molecule has 136 valence electrons. The first-order valence-corrected chi connectivity index (χ1v) is 10.8. The molecule has 0 spiro atoms. The van der Waals surface area contributed by atoms with Gasteiger partial charge in [-0.15, -0.1) is 0 Å². The van der Waals surface area contributed by atoms with Gasteiger partial charge in [0.1, 0.15) is 0 Å². The maximum absolute atomic E-state index is 11.4. The van der Waals surface area contributed by atoms with Gasteiger partial charge in [0, 0.05) is 0 Å². The van der Waals surface area contributed by atoms with Gasteiger partial charge in [0.15, 0.2) is 0 Å². The van der Waals surface area contributed by atoms with Gasteiger partial charge < -0.3 is 5.11 Å². The molecule has 0 radical (unpaired) electrons. The SMILES string of the molecule is CCC1(CC)C(=O)NC(=O)N=C1[O-].O=C([O-])COc1cc[c]([Hg+])cc1Cl.[Na+]. The van der Waals surface area contributed by atoms with E-state index in [9.17, 15) is 24.6 Å². The molecule has 1 aliphatic heterocycles. The summed E-state index contributed by atoms with van der Waals surface area (Å²) in [6.07, 6.45) is 0.732. The van der Waals surface area contributed by atoms with Crippen LogP contribution in [-0.4, -0.2) is 30.4 Å². The number of nitrogens with zero attached hydrogens (tertiary/aromatic N) is 1. The predicted molar refractivity (Wildman–Crippen MR) is 85.6 cm³/mol. The molecular weight excluding hydrogens is 575 g/mol. The summed E-state index contributed by atoms with van der Waals surface area (Å²) in [6.45, 7) is 2.99. The van der Waals surface area contributed by atoms with E-state index in [-0.39, 0.29) is 29.6 Å². The molecule has 0 aromatic heterocycles. The van der Waals surface area contributed by atoms with Crippen LogP contribution in [0.5, 0.6) is 5.75 Å². The topological polar surface area (TPSA) is 131 Å². The number of nitrogens with one attached hydrogen (secondary N) is 1. The average molecular weight is 591 g/mol. The minimum Gasteiger partial charge on any atom is 1.00 e. The Morgan fingerprint density at radius 1 is 1.33 bits per heavy atom. The molecule has 8 nitrogen and oxygen atoms in total. The molecule has 11 heteroatoms. The van der Waals surface area contributed by atoms with E-state index in [2.05, 4.69) is 4.99 Å². The van der Waals surface area contributed by atoms with Crippen LogP contribution in [0.2, 0.25) is 5.02 Å². The molecule has 0 bridgehead atoms. The fourth-order valence-electron chi connectivity index (χ4n) is 2.21. The number of halogens is 1. The second-order valence-corrected chi connectivity index (χ2v) is 8.97. The van der Waals surface area contributed by atoms with E-state index in [4.69, 9.17) is 16.3 Å². The number of rotatable bonds is 5. The number of carbonyl (C=O) groups excluding carboxylic acids is 3. The minimum absolute atomic E-state index is 0. The summed E-state index contributed by atoms with van der Waals surface area (Å²) in [5.41, 5.74) is -1.12. The van der Waals surface area contributed by atoms with Gasteiger partial charge in [0.05, 0.1) is 5.41 Å². The Kier molecular flexibility index (Phi) is 11.7. The summed E-state index contributed by atoms with van der Waals surface area (Å²) in [7, 11) is 0. The monoisotopic (exact) mass is 592 g/mol. The number of imide groups is 1. The number of ether oxygens (including phenoxy) is 1. The quantitative estimate of drug-likeness (QED) is 0.353. The summed E-state index contributed by atoms with van der Waals surface area (Å²) in [5, 5.41) is 23.9. The summed E-state index contributed by atoms with van der Waals surface area (Å²) in [6, 6.07) is 4.48. The van der Waals surface area contributed by atoms with E-state index in [1.807, 2.05) is 11.4 Å². The Bertz CT molecular complexity index is 740. The molecule has 3 amide bonds. The van der Waals surface area contributed by atoms with Crippen LogP contribution in [0, 0.1) is 5.41 Å². The second-order valence-electron chi connectivity index (χ2n) is 5.39. The molecule has 27 heavy (non-hydrogen) atoms. The van der Waals surface area contributed by atoms with Gasteiger partial charge in [-0.05, 0) is 18.7 Å². The van der Waals surface area contributed by atoms with Crippen molar-refractivity contribution >= 4 is 38.5 Å². The van der Waals surface area contributed by atoms with Crippen LogP contribution < -0.4 is 52.9 Å². The Morgan fingerprint density at radius 3 is 2.37 bits per heavy atom. The summed E-state index contributed by atoms with van der Waals surface area (Å²) in [5.74, 6) is -2.01. The molecule has 0 aliphatic carbocycles. The number of benzene rings is 1. The number of hydrogen-bond acceptors (Lipinski definition) is 6. The van der Waals surface area contributed by atoms with Crippen LogP contribution in [0.3, 0.4) is 0 Å². The van der Waals surface area contributed by atoms with Crippen LogP contribution in [0.1, 0.15) is 26.7 Å². The van der Waals surface area contributed by atoms with Gasteiger partial charge in [0.2, 0.25) is 5.91 Å². The smallest absolute Gasteiger partial charge is 1.00 e. The van der Waals surface area contributed by atoms with Crippen molar-refractivity contribution in [3.05, 3.63) is 23.2 Å². The number of carbonyl (C=O) groups is 3. The third-order valence-corrected chi connectivity index (χ3v) is 5.82. The van der Waals surface area contributed by atoms with Crippen LogP contribution in [-0.2, 0) is 35.7 Å². The normalized spacial score (nSPS) is 14.8. The zero-order chi connectivity index (χ0) is 19.9. The zero-order valence-corrected chi connectivity index (χ0v) is 23.6. The minimum atomic E-state index is -1.25. The molecule has 0 atom stereocenters. The van der Waals surface area contributed by atoms with E-state index in [1.54, 1.807) is 26.0 Å². The first-order valence-electron chi connectivity index (χ1n) is 7.72. The fraction of sp³-hybridized carbons (Fsp3) is 0.375.